The van der Waals surface area contributed by atoms with Gasteiger partial charge in [0.25, 0.3) is 0 Å². The van der Waals surface area contributed by atoms with E-state index in [1.54, 1.807) is 6.92 Å². The number of unbranched alkanes of at least 4 members (excludes halogenated alkanes) is 4. The first-order chi connectivity index (χ1) is 10.1. The number of carbonyl (C=O) groups is 2. The molecule has 0 spiro atoms. The lowest BCUT2D eigenvalue weighted by Gasteiger charge is -2.17. The summed E-state index contributed by atoms with van der Waals surface area (Å²) in [5.74, 6) is -0.339. The van der Waals surface area contributed by atoms with Gasteiger partial charge in [0.05, 0.1) is 6.61 Å². The van der Waals surface area contributed by atoms with Gasteiger partial charge in [0, 0.05) is 12.8 Å². The van der Waals surface area contributed by atoms with Crippen LogP contribution >= 0.6 is 0 Å². The van der Waals surface area contributed by atoms with Crippen LogP contribution in [0.15, 0.2) is 0 Å². The predicted molar refractivity (Wildman–Crippen MR) is 84.0 cm³/mol. The Hall–Kier alpha value is -1.06. The minimum absolute atomic E-state index is 0.131. The van der Waals surface area contributed by atoms with Gasteiger partial charge in [-0.2, -0.15) is 0 Å². The fraction of sp³-hybridized carbons (Fsp3) is 0.882. The van der Waals surface area contributed by atoms with E-state index in [-0.39, 0.29) is 18.0 Å². The molecule has 0 bridgehead atoms. The van der Waals surface area contributed by atoms with Crippen molar-refractivity contribution in [3.05, 3.63) is 0 Å². The number of ether oxygens (including phenoxy) is 2. The largest absolute Gasteiger partial charge is 0.466 e. The zero-order chi connectivity index (χ0) is 15.9. The standard InChI is InChI=1S/C17H32O4/c1-4-7-9-11-15(13-14-16(18)20-6-3)21-17(19)12-10-8-5-2/h15H,4-14H2,1-3H3. The van der Waals surface area contributed by atoms with Crippen molar-refractivity contribution >= 4 is 11.9 Å². The molecule has 0 aromatic rings. The number of rotatable bonds is 13. The van der Waals surface area contributed by atoms with Gasteiger partial charge in [-0.3, -0.25) is 9.59 Å². The highest BCUT2D eigenvalue weighted by atomic mass is 16.5. The van der Waals surface area contributed by atoms with Crippen molar-refractivity contribution in [3.8, 4) is 0 Å². The second-order valence-corrected chi connectivity index (χ2v) is 5.41. The lowest BCUT2D eigenvalue weighted by molar-refractivity contribution is -0.152. The van der Waals surface area contributed by atoms with E-state index in [4.69, 9.17) is 9.47 Å². The quantitative estimate of drug-likeness (QED) is 0.373. The average Bonchev–Trinajstić information content (AvgIpc) is 2.45. The van der Waals surface area contributed by atoms with Gasteiger partial charge >= 0.3 is 11.9 Å². The molecule has 1 atom stereocenters. The van der Waals surface area contributed by atoms with Gasteiger partial charge in [0.2, 0.25) is 0 Å². The molecule has 0 aliphatic heterocycles. The topological polar surface area (TPSA) is 52.6 Å². The summed E-state index contributed by atoms with van der Waals surface area (Å²) in [6, 6.07) is 0. The van der Waals surface area contributed by atoms with Gasteiger partial charge in [-0.15, -0.1) is 0 Å². The van der Waals surface area contributed by atoms with Gasteiger partial charge < -0.3 is 9.47 Å². The minimum atomic E-state index is -0.208. The molecule has 0 radical (unpaired) electrons. The second kappa shape index (κ2) is 13.9. The van der Waals surface area contributed by atoms with Crippen LogP contribution in [0.5, 0.6) is 0 Å². The molecule has 124 valence electrons. The summed E-state index contributed by atoms with van der Waals surface area (Å²) < 4.78 is 10.4. The molecule has 0 saturated heterocycles. The van der Waals surface area contributed by atoms with E-state index >= 15 is 0 Å². The molecule has 0 fully saturated rings. The molecule has 0 heterocycles. The third-order valence-corrected chi connectivity index (χ3v) is 3.39. The van der Waals surface area contributed by atoms with Crippen LogP contribution in [0.2, 0.25) is 0 Å². The minimum Gasteiger partial charge on any atom is -0.466 e. The van der Waals surface area contributed by atoms with Crippen LogP contribution in [0.4, 0.5) is 0 Å². The average molecular weight is 300 g/mol. The van der Waals surface area contributed by atoms with Crippen LogP contribution in [0.3, 0.4) is 0 Å². The van der Waals surface area contributed by atoms with Gasteiger partial charge in [-0.25, -0.2) is 0 Å². The van der Waals surface area contributed by atoms with Crippen LogP contribution in [0.1, 0.15) is 85.0 Å². The van der Waals surface area contributed by atoms with Crippen molar-refractivity contribution < 1.29 is 19.1 Å². The molecule has 0 N–H and O–H groups in total. The molecule has 0 aromatic heterocycles. The van der Waals surface area contributed by atoms with E-state index < -0.39 is 0 Å². The molecule has 0 aliphatic rings. The first-order valence-corrected chi connectivity index (χ1v) is 8.49. The Bertz CT molecular complexity index is 276. The summed E-state index contributed by atoms with van der Waals surface area (Å²) in [5.41, 5.74) is 0. The summed E-state index contributed by atoms with van der Waals surface area (Å²) in [7, 11) is 0. The van der Waals surface area contributed by atoms with Crippen molar-refractivity contribution in [2.45, 2.75) is 91.1 Å². The Morgan fingerprint density at radius 3 is 2.10 bits per heavy atom. The van der Waals surface area contributed by atoms with E-state index in [0.29, 0.717) is 25.9 Å². The normalized spacial score (nSPS) is 12.0. The number of esters is 2. The first-order valence-electron chi connectivity index (χ1n) is 8.49. The molecule has 0 aliphatic carbocycles. The van der Waals surface area contributed by atoms with Gasteiger partial charge in [0.1, 0.15) is 6.10 Å². The third-order valence-electron chi connectivity index (χ3n) is 3.39. The monoisotopic (exact) mass is 300 g/mol. The molecular weight excluding hydrogens is 268 g/mol. The van der Waals surface area contributed by atoms with E-state index in [1.165, 1.54) is 0 Å². The van der Waals surface area contributed by atoms with Gasteiger partial charge in [-0.05, 0) is 32.6 Å². The summed E-state index contributed by atoms with van der Waals surface area (Å²) in [6.07, 6.45) is 8.41. The molecule has 4 nitrogen and oxygen atoms in total. The van der Waals surface area contributed by atoms with E-state index in [0.717, 1.165) is 44.9 Å². The number of carbonyl (C=O) groups excluding carboxylic acids is 2. The SMILES string of the molecule is CCCCCC(=O)OC(CCCCC)CCC(=O)OCC. The highest BCUT2D eigenvalue weighted by Gasteiger charge is 2.16. The van der Waals surface area contributed by atoms with Crippen LogP contribution in [-0.4, -0.2) is 24.6 Å². The zero-order valence-electron chi connectivity index (χ0n) is 14.0. The van der Waals surface area contributed by atoms with E-state index in [1.807, 2.05) is 0 Å². The molecular formula is C17H32O4. The van der Waals surface area contributed by atoms with Crippen LogP contribution in [0, 0.1) is 0 Å². The van der Waals surface area contributed by atoms with Crippen molar-refractivity contribution in [1.29, 1.82) is 0 Å². The predicted octanol–water partition coefficient (Wildman–Crippen LogP) is 4.40. The van der Waals surface area contributed by atoms with E-state index in [2.05, 4.69) is 13.8 Å². The Morgan fingerprint density at radius 2 is 1.48 bits per heavy atom. The Kier molecular flexibility index (Phi) is 13.2. The maximum atomic E-state index is 11.8. The Labute approximate surface area is 129 Å². The number of hydrogen-bond acceptors (Lipinski definition) is 4. The summed E-state index contributed by atoms with van der Waals surface area (Å²) in [4.78, 5) is 23.2. The summed E-state index contributed by atoms with van der Waals surface area (Å²) in [6.45, 7) is 6.45. The van der Waals surface area contributed by atoms with Gasteiger partial charge in [-0.1, -0.05) is 39.5 Å². The molecule has 0 amide bonds. The lowest BCUT2D eigenvalue weighted by Crippen LogP contribution is -2.20. The van der Waals surface area contributed by atoms with Gasteiger partial charge in [0.15, 0.2) is 0 Å². The fourth-order valence-electron chi connectivity index (χ4n) is 2.16. The number of hydrogen-bond donors (Lipinski definition) is 0. The Morgan fingerprint density at radius 1 is 0.810 bits per heavy atom. The Balaban J connectivity index is 4.11. The molecule has 21 heavy (non-hydrogen) atoms. The second-order valence-electron chi connectivity index (χ2n) is 5.41. The molecule has 1 unspecified atom stereocenters. The third kappa shape index (κ3) is 12.4. The maximum Gasteiger partial charge on any atom is 0.306 e. The zero-order valence-corrected chi connectivity index (χ0v) is 14.0. The van der Waals surface area contributed by atoms with Crippen molar-refractivity contribution in [2.24, 2.45) is 0 Å². The maximum absolute atomic E-state index is 11.8. The highest BCUT2D eigenvalue weighted by Crippen LogP contribution is 2.14. The lowest BCUT2D eigenvalue weighted by atomic mass is 10.1. The summed E-state index contributed by atoms with van der Waals surface area (Å²) >= 11 is 0. The van der Waals surface area contributed by atoms with Crippen molar-refractivity contribution in [1.82, 2.24) is 0 Å². The smallest absolute Gasteiger partial charge is 0.306 e. The first kappa shape index (κ1) is 19.9. The molecule has 0 rings (SSSR count). The van der Waals surface area contributed by atoms with Crippen LogP contribution < -0.4 is 0 Å². The van der Waals surface area contributed by atoms with Crippen LogP contribution in [-0.2, 0) is 19.1 Å². The van der Waals surface area contributed by atoms with Crippen molar-refractivity contribution in [3.63, 3.8) is 0 Å². The van der Waals surface area contributed by atoms with Crippen LogP contribution in [0.25, 0.3) is 0 Å². The fourth-order valence-corrected chi connectivity index (χ4v) is 2.16. The summed E-state index contributed by atoms with van der Waals surface area (Å²) in [5, 5.41) is 0. The molecule has 0 aromatic carbocycles. The highest BCUT2D eigenvalue weighted by molar-refractivity contribution is 5.70. The van der Waals surface area contributed by atoms with E-state index in [9.17, 15) is 9.59 Å². The van der Waals surface area contributed by atoms with Crippen molar-refractivity contribution in [2.75, 3.05) is 6.61 Å². The molecule has 0 saturated carbocycles. The molecule has 4 heteroatoms.